The Hall–Kier alpha value is -2.13. The molecule has 0 atom stereocenters. The quantitative estimate of drug-likeness (QED) is 0.804. The van der Waals surface area contributed by atoms with Gasteiger partial charge >= 0.3 is 6.09 Å². The second-order valence-corrected chi connectivity index (χ2v) is 4.52. The van der Waals surface area contributed by atoms with Crippen molar-refractivity contribution in [3.05, 3.63) is 64.9 Å². The molecule has 0 aliphatic rings. The predicted molar refractivity (Wildman–Crippen MR) is 79.4 cm³/mol. The van der Waals surface area contributed by atoms with Crippen molar-refractivity contribution in [3.8, 4) is 0 Å². The fourth-order valence-electron chi connectivity index (χ4n) is 1.71. The maximum Gasteiger partial charge on any atom is 0.602 e. The molecule has 1 aromatic heterocycles. The summed E-state index contributed by atoms with van der Waals surface area (Å²) in [5.74, 6) is 0. The lowest BCUT2D eigenvalue weighted by Crippen LogP contribution is -2.45. The largest absolute Gasteiger partial charge is 0.602 e. The number of aromatic nitrogens is 1. The highest BCUT2D eigenvalue weighted by Gasteiger charge is 2.18. The van der Waals surface area contributed by atoms with Gasteiger partial charge in [-0.25, -0.2) is 0 Å². The zero-order valence-electron chi connectivity index (χ0n) is 11.1. The summed E-state index contributed by atoms with van der Waals surface area (Å²) in [4.78, 5) is 11.8. The molecule has 3 nitrogen and oxygen atoms in total. The summed E-state index contributed by atoms with van der Waals surface area (Å²) in [5, 5.41) is 0.698. The Morgan fingerprint density at radius 3 is 2.65 bits per heavy atom. The van der Waals surface area contributed by atoms with Gasteiger partial charge in [-0.05, 0) is 36.8 Å². The number of nitrogens with zero attached hydrogens (tertiary/aromatic N) is 1. The van der Waals surface area contributed by atoms with Crippen molar-refractivity contribution in [2.75, 3.05) is 6.61 Å². The third kappa shape index (κ3) is 3.68. The Kier molecular flexibility index (Phi) is 4.91. The monoisotopic (exact) mass is 288 g/mol. The van der Waals surface area contributed by atoms with Crippen LogP contribution in [0.15, 0.2) is 48.7 Å². The maximum absolute atomic E-state index is 11.8. The lowest BCUT2D eigenvalue weighted by molar-refractivity contribution is -0.587. The predicted octanol–water partition coefficient (Wildman–Crippen LogP) is 3.80. The fraction of sp³-hybridized carbons (Fsp3) is 0.125. The lowest BCUT2D eigenvalue weighted by Gasteiger charge is -1.98. The summed E-state index contributed by atoms with van der Waals surface area (Å²) >= 11 is 5.84. The molecule has 20 heavy (non-hydrogen) atoms. The first-order valence-corrected chi connectivity index (χ1v) is 6.70. The van der Waals surface area contributed by atoms with E-state index < -0.39 is 0 Å². The van der Waals surface area contributed by atoms with Gasteiger partial charge in [0.2, 0.25) is 5.69 Å². The van der Waals surface area contributed by atoms with E-state index in [-0.39, 0.29) is 6.09 Å². The fourth-order valence-corrected chi connectivity index (χ4v) is 1.83. The van der Waals surface area contributed by atoms with E-state index in [4.69, 9.17) is 16.3 Å². The Morgan fingerprint density at radius 1 is 1.20 bits per heavy atom. The van der Waals surface area contributed by atoms with Gasteiger partial charge in [0.15, 0.2) is 6.20 Å². The van der Waals surface area contributed by atoms with Gasteiger partial charge in [0.05, 0.1) is 6.61 Å². The van der Waals surface area contributed by atoms with Gasteiger partial charge in [-0.1, -0.05) is 28.3 Å². The van der Waals surface area contributed by atoms with Gasteiger partial charge in [0.1, 0.15) is 0 Å². The van der Waals surface area contributed by atoms with Crippen LogP contribution in [-0.2, 0) is 4.74 Å². The van der Waals surface area contributed by atoms with Crippen LogP contribution in [0.4, 0.5) is 4.79 Å². The standard InChI is InChI=1S/C16H15ClNO2/c1-2-20-16(19)18-12-4-3-5-15(18)11-8-13-6-9-14(17)10-7-13/h3-12H,2H2,1H3/q+1/b11-8+. The van der Waals surface area contributed by atoms with Gasteiger partial charge in [-0.15, -0.1) is 0 Å². The molecule has 0 bridgehead atoms. The molecule has 0 amide bonds. The zero-order valence-corrected chi connectivity index (χ0v) is 11.9. The molecule has 1 heterocycles. The average Bonchev–Trinajstić information content (AvgIpc) is 2.47. The van der Waals surface area contributed by atoms with Crippen LogP contribution < -0.4 is 4.57 Å². The van der Waals surface area contributed by atoms with Crippen molar-refractivity contribution >= 4 is 29.8 Å². The van der Waals surface area contributed by atoms with Gasteiger partial charge < -0.3 is 4.74 Å². The van der Waals surface area contributed by atoms with Crippen LogP contribution in [-0.4, -0.2) is 12.7 Å². The second-order valence-electron chi connectivity index (χ2n) is 4.08. The Balaban J connectivity index is 2.24. The molecule has 1 aromatic carbocycles. The first kappa shape index (κ1) is 14.3. The molecule has 0 saturated carbocycles. The number of carbonyl (C=O) groups is 1. The molecule has 102 valence electrons. The zero-order chi connectivity index (χ0) is 14.4. The molecule has 0 N–H and O–H groups in total. The lowest BCUT2D eigenvalue weighted by atomic mass is 10.2. The topological polar surface area (TPSA) is 30.2 Å². The minimum Gasteiger partial charge on any atom is -0.412 e. The van der Waals surface area contributed by atoms with Crippen molar-refractivity contribution in [1.82, 2.24) is 0 Å². The van der Waals surface area contributed by atoms with Crippen LogP contribution in [0.25, 0.3) is 12.2 Å². The number of ether oxygens (including phenoxy) is 1. The summed E-state index contributed by atoms with van der Waals surface area (Å²) in [6.07, 6.45) is 5.07. The number of benzene rings is 1. The van der Waals surface area contributed by atoms with E-state index in [1.54, 1.807) is 19.2 Å². The first-order chi connectivity index (χ1) is 9.70. The average molecular weight is 289 g/mol. The highest BCUT2D eigenvalue weighted by molar-refractivity contribution is 6.30. The molecule has 0 saturated heterocycles. The normalized spacial score (nSPS) is 10.7. The van der Waals surface area contributed by atoms with E-state index in [2.05, 4.69) is 0 Å². The minimum atomic E-state index is -0.385. The van der Waals surface area contributed by atoms with Crippen molar-refractivity contribution in [1.29, 1.82) is 0 Å². The summed E-state index contributed by atoms with van der Waals surface area (Å²) in [6, 6.07) is 13.0. The van der Waals surface area contributed by atoms with Crippen LogP contribution in [0.5, 0.6) is 0 Å². The molecule has 0 aliphatic heterocycles. The van der Waals surface area contributed by atoms with Crippen LogP contribution in [0.1, 0.15) is 18.2 Å². The summed E-state index contributed by atoms with van der Waals surface area (Å²) in [6.45, 7) is 2.13. The van der Waals surface area contributed by atoms with Crippen LogP contribution >= 0.6 is 11.6 Å². The number of carbonyl (C=O) groups excluding carboxylic acids is 1. The number of hydrogen-bond donors (Lipinski definition) is 0. The SMILES string of the molecule is CCOC(=O)[n+]1ccccc1/C=C/c1ccc(Cl)cc1. The molecular formula is C16H15ClNO2+. The molecule has 0 spiro atoms. The van der Waals surface area contributed by atoms with Crippen LogP contribution in [0, 0.1) is 0 Å². The van der Waals surface area contributed by atoms with Gasteiger partial charge in [0.25, 0.3) is 0 Å². The summed E-state index contributed by atoms with van der Waals surface area (Å²) in [5.41, 5.74) is 1.76. The van der Waals surface area contributed by atoms with Crippen LogP contribution in [0.3, 0.4) is 0 Å². The number of pyridine rings is 1. The van der Waals surface area contributed by atoms with E-state index in [1.807, 2.05) is 48.6 Å². The molecule has 0 unspecified atom stereocenters. The van der Waals surface area contributed by atoms with Gasteiger partial charge in [0, 0.05) is 23.2 Å². The highest BCUT2D eigenvalue weighted by Crippen LogP contribution is 2.11. The smallest absolute Gasteiger partial charge is 0.412 e. The van der Waals surface area contributed by atoms with Crippen molar-refractivity contribution in [2.45, 2.75) is 6.92 Å². The first-order valence-electron chi connectivity index (χ1n) is 6.32. The van der Waals surface area contributed by atoms with Gasteiger partial charge in [-0.3, -0.25) is 0 Å². The molecule has 0 fully saturated rings. The molecular weight excluding hydrogens is 274 g/mol. The third-order valence-electron chi connectivity index (χ3n) is 2.67. The minimum absolute atomic E-state index is 0.348. The van der Waals surface area contributed by atoms with Crippen molar-refractivity contribution in [3.63, 3.8) is 0 Å². The van der Waals surface area contributed by atoms with E-state index in [9.17, 15) is 4.79 Å². The molecule has 2 aromatic rings. The van der Waals surface area contributed by atoms with Crippen molar-refractivity contribution < 1.29 is 14.1 Å². The second kappa shape index (κ2) is 6.87. The van der Waals surface area contributed by atoms with Gasteiger partial charge in [-0.2, -0.15) is 4.79 Å². The molecule has 0 aliphatic carbocycles. The van der Waals surface area contributed by atoms with Crippen molar-refractivity contribution in [2.24, 2.45) is 0 Å². The van der Waals surface area contributed by atoms with E-state index in [0.29, 0.717) is 11.6 Å². The number of rotatable bonds is 3. The Bertz CT molecular complexity index is 621. The van der Waals surface area contributed by atoms with Crippen LogP contribution in [0.2, 0.25) is 5.02 Å². The summed E-state index contributed by atoms with van der Waals surface area (Å²) in [7, 11) is 0. The molecule has 0 radical (unpaired) electrons. The summed E-state index contributed by atoms with van der Waals surface area (Å²) < 4.78 is 6.48. The third-order valence-corrected chi connectivity index (χ3v) is 2.92. The highest BCUT2D eigenvalue weighted by atomic mass is 35.5. The Labute approximate surface area is 123 Å². The number of halogens is 1. The van der Waals surface area contributed by atoms with E-state index in [1.165, 1.54) is 4.57 Å². The number of hydrogen-bond acceptors (Lipinski definition) is 2. The Morgan fingerprint density at radius 2 is 1.95 bits per heavy atom. The van der Waals surface area contributed by atoms with E-state index >= 15 is 0 Å². The maximum atomic E-state index is 11.8. The molecule has 2 rings (SSSR count). The van der Waals surface area contributed by atoms with E-state index in [0.717, 1.165) is 11.3 Å². The molecule has 4 heteroatoms.